The maximum absolute atomic E-state index is 9.73. The van der Waals surface area contributed by atoms with Crippen molar-refractivity contribution in [2.24, 2.45) is 0 Å². The molecule has 1 N–H and O–H groups in total. The molecular weight excluding hydrogens is 234 g/mol. The number of hydrogen-bond acceptors (Lipinski definition) is 2. The normalized spacial score (nSPS) is 10.3. The first kappa shape index (κ1) is 11.5. The fraction of sp³-hybridized carbons (Fsp3) is 0. The van der Waals surface area contributed by atoms with E-state index in [0.717, 1.165) is 22.3 Å². The number of aromatic nitrogens is 1. The van der Waals surface area contributed by atoms with Crippen LogP contribution in [0.4, 0.5) is 0 Å². The summed E-state index contributed by atoms with van der Waals surface area (Å²) >= 11 is 0. The molecule has 0 saturated heterocycles. The minimum Gasteiger partial charge on any atom is -0.508 e. The van der Waals surface area contributed by atoms with Crippen LogP contribution in [0.5, 0.6) is 5.75 Å². The summed E-state index contributed by atoms with van der Waals surface area (Å²) < 4.78 is 0. The van der Waals surface area contributed by atoms with Gasteiger partial charge in [-0.05, 0) is 46.5 Å². The minimum atomic E-state index is 0.270. The smallest absolute Gasteiger partial charge is 0.116 e. The zero-order valence-corrected chi connectivity index (χ0v) is 10.3. The van der Waals surface area contributed by atoms with Crippen LogP contribution >= 0.6 is 0 Å². The van der Waals surface area contributed by atoms with Crippen molar-refractivity contribution in [3.8, 4) is 28.0 Å². The predicted molar refractivity (Wildman–Crippen MR) is 76.8 cm³/mol. The molecular formula is C17H13NO. The second-order valence-corrected chi connectivity index (χ2v) is 4.33. The highest BCUT2D eigenvalue weighted by Gasteiger charge is 2.08. The van der Waals surface area contributed by atoms with Crippen molar-refractivity contribution in [3.05, 3.63) is 73.1 Å². The molecule has 0 aliphatic rings. The molecule has 0 aliphatic carbocycles. The highest BCUT2D eigenvalue weighted by Crippen LogP contribution is 2.34. The minimum absolute atomic E-state index is 0.270. The standard InChI is InChI=1S/C17H13NO/c19-15-6-7-16(13-4-2-1-3-5-13)17(12-15)14-8-10-18-11-9-14/h1-12,19H. The molecule has 0 bridgehead atoms. The zero-order chi connectivity index (χ0) is 13.1. The van der Waals surface area contributed by atoms with E-state index in [-0.39, 0.29) is 5.75 Å². The van der Waals surface area contributed by atoms with E-state index in [1.54, 1.807) is 24.5 Å². The van der Waals surface area contributed by atoms with E-state index < -0.39 is 0 Å². The van der Waals surface area contributed by atoms with Crippen LogP contribution in [0.15, 0.2) is 73.1 Å². The van der Waals surface area contributed by atoms with Gasteiger partial charge in [0.15, 0.2) is 0 Å². The Morgan fingerprint density at radius 3 is 2.11 bits per heavy atom. The molecule has 3 rings (SSSR count). The Balaban J connectivity index is 2.21. The molecule has 19 heavy (non-hydrogen) atoms. The first-order valence-electron chi connectivity index (χ1n) is 6.13. The van der Waals surface area contributed by atoms with Gasteiger partial charge in [0.25, 0.3) is 0 Å². The van der Waals surface area contributed by atoms with E-state index in [4.69, 9.17) is 0 Å². The van der Waals surface area contributed by atoms with Crippen molar-refractivity contribution in [1.29, 1.82) is 0 Å². The summed E-state index contributed by atoms with van der Waals surface area (Å²) in [5, 5.41) is 9.73. The number of phenolic OH excluding ortho intramolecular Hbond substituents is 1. The first-order valence-corrected chi connectivity index (χ1v) is 6.13. The molecule has 0 atom stereocenters. The highest BCUT2D eigenvalue weighted by atomic mass is 16.3. The maximum atomic E-state index is 9.73. The van der Waals surface area contributed by atoms with Crippen molar-refractivity contribution >= 4 is 0 Å². The van der Waals surface area contributed by atoms with Gasteiger partial charge >= 0.3 is 0 Å². The van der Waals surface area contributed by atoms with Gasteiger partial charge in [0, 0.05) is 12.4 Å². The van der Waals surface area contributed by atoms with Crippen LogP contribution in [0.3, 0.4) is 0 Å². The molecule has 2 aromatic carbocycles. The molecule has 0 radical (unpaired) electrons. The summed E-state index contributed by atoms with van der Waals surface area (Å²) in [6, 6.07) is 19.5. The van der Waals surface area contributed by atoms with Crippen molar-refractivity contribution in [2.45, 2.75) is 0 Å². The summed E-state index contributed by atoms with van der Waals surface area (Å²) in [6.45, 7) is 0. The fourth-order valence-electron chi connectivity index (χ4n) is 2.17. The molecule has 0 saturated carbocycles. The molecule has 0 amide bonds. The summed E-state index contributed by atoms with van der Waals surface area (Å²) in [5.41, 5.74) is 4.29. The molecule has 1 heterocycles. The highest BCUT2D eigenvalue weighted by molar-refractivity contribution is 5.84. The van der Waals surface area contributed by atoms with Gasteiger partial charge in [-0.3, -0.25) is 4.98 Å². The SMILES string of the molecule is Oc1ccc(-c2ccccc2)c(-c2ccncc2)c1. The third-order valence-corrected chi connectivity index (χ3v) is 3.08. The van der Waals surface area contributed by atoms with E-state index in [2.05, 4.69) is 17.1 Å². The van der Waals surface area contributed by atoms with Gasteiger partial charge in [0.05, 0.1) is 0 Å². The first-order chi connectivity index (χ1) is 9.34. The number of rotatable bonds is 2. The van der Waals surface area contributed by atoms with E-state index >= 15 is 0 Å². The van der Waals surface area contributed by atoms with Crippen LogP contribution in [-0.2, 0) is 0 Å². The van der Waals surface area contributed by atoms with Gasteiger partial charge in [0.1, 0.15) is 5.75 Å². The van der Waals surface area contributed by atoms with Crippen LogP contribution < -0.4 is 0 Å². The lowest BCUT2D eigenvalue weighted by Gasteiger charge is -2.10. The third-order valence-electron chi connectivity index (χ3n) is 3.08. The van der Waals surface area contributed by atoms with Crippen molar-refractivity contribution in [3.63, 3.8) is 0 Å². The number of hydrogen-bond donors (Lipinski definition) is 1. The molecule has 3 aromatic rings. The van der Waals surface area contributed by atoms with Crippen LogP contribution in [0.2, 0.25) is 0 Å². The largest absolute Gasteiger partial charge is 0.508 e. The zero-order valence-electron chi connectivity index (χ0n) is 10.3. The van der Waals surface area contributed by atoms with Gasteiger partial charge in [-0.15, -0.1) is 0 Å². The second-order valence-electron chi connectivity index (χ2n) is 4.33. The Morgan fingerprint density at radius 1 is 0.684 bits per heavy atom. The van der Waals surface area contributed by atoms with Crippen LogP contribution in [0.1, 0.15) is 0 Å². The van der Waals surface area contributed by atoms with Gasteiger partial charge in [-0.1, -0.05) is 36.4 Å². The summed E-state index contributed by atoms with van der Waals surface area (Å²) in [7, 11) is 0. The van der Waals surface area contributed by atoms with E-state index in [1.165, 1.54) is 0 Å². The lowest BCUT2D eigenvalue weighted by atomic mass is 9.95. The summed E-state index contributed by atoms with van der Waals surface area (Å²) in [5.74, 6) is 0.270. The molecule has 92 valence electrons. The number of pyridine rings is 1. The van der Waals surface area contributed by atoms with Crippen molar-refractivity contribution in [1.82, 2.24) is 4.98 Å². The Hall–Kier alpha value is -2.61. The molecule has 0 fully saturated rings. The Morgan fingerprint density at radius 2 is 1.37 bits per heavy atom. The monoisotopic (exact) mass is 247 g/mol. The van der Waals surface area contributed by atoms with Gasteiger partial charge < -0.3 is 5.11 Å². The molecule has 2 nitrogen and oxygen atoms in total. The molecule has 0 spiro atoms. The van der Waals surface area contributed by atoms with Gasteiger partial charge in [-0.25, -0.2) is 0 Å². The fourth-order valence-corrected chi connectivity index (χ4v) is 2.17. The van der Waals surface area contributed by atoms with Gasteiger partial charge in [0.2, 0.25) is 0 Å². The Bertz CT molecular complexity index is 678. The summed E-state index contributed by atoms with van der Waals surface area (Å²) in [6.07, 6.45) is 3.52. The molecule has 0 unspecified atom stereocenters. The summed E-state index contributed by atoms with van der Waals surface area (Å²) in [4.78, 5) is 4.03. The quantitative estimate of drug-likeness (QED) is 0.738. The lowest BCUT2D eigenvalue weighted by Crippen LogP contribution is -1.85. The Labute approximate surface area is 112 Å². The Kier molecular flexibility index (Phi) is 2.99. The van der Waals surface area contributed by atoms with Crippen LogP contribution in [-0.4, -0.2) is 10.1 Å². The topological polar surface area (TPSA) is 33.1 Å². The second kappa shape index (κ2) is 4.94. The molecule has 0 aliphatic heterocycles. The number of phenols is 1. The average Bonchev–Trinajstić information content (AvgIpc) is 2.49. The number of benzene rings is 2. The predicted octanol–water partition coefficient (Wildman–Crippen LogP) is 4.12. The van der Waals surface area contributed by atoms with Gasteiger partial charge in [-0.2, -0.15) is 0 Å². The number of nitrogens with zero attached hydrogens (tertiary/aromatic N) is 1. The van der Waals surface area contributed by atoms with Crippen molar-refractivity contribution in [2.75, 3.05) is 0 Å². The van der Waals surface area contributed by atoms with Crippen LogP contribution in [0, 0.1) is 0 Å². The lowest BCUT2D eigenvalue weighted by molar-refractivity contribution is 0.475. The van der Waals surface area contributed by atoms with E-state index in [0.29, 0.717) is 0 Å². The maximum Gasteiger partial charge on any atom is 0.116 e. The third kappa shape index (κ3) is 2.33. The molecule has 2 heteroatoms. The molecule has 1 aromatic heterocycles. The van der Waals surface area contributed by atoms with Crippen LogP contribution in [0.25, 0.3) is 22.3 Å². The number of aromatic hydroxyl groups is 1. The van der Waals surface area contributed by atoms with Crippen molar-refractivity contribution < 1.29 is 5.11 Å². The average molecular weight is 247 g/mol. The van der Waals surface area contributed by atoms with E-state index in [9.17, 15) is 5.11 Å². The van der Waals surface area contributed by atoms with E-state index in [1.807, 2.05) is 36.4 Å².